The number of rotatable bonds is 6. The van der Waals surface area contributed by atoms with Crippen LogP contribution < -0.4 is 5.32 Å². The van der Waals surface area contributed by atoms with Crippen molar-refractivity contribution in [1.82, 2.24) is 0 Å². The zero-order chi connectivity index (χ0) is 20.1. The Morgan fingerprint density at radius 3 is 2.19 bits per heavy atom. The largest absolute Gasteiger partial charge is 0.452 e. The molecule has 2 rings (SSSR count). The number of amides is 1. The molecule has 0 fully saturated rings. The van der Waals surface area contributed by atoms with Crippen LogP contribution in [0, 0.1) is 5.82 Å². The van der Waals surface area contributed by atoms with E-state index in [0.717, 1.165) is 28.9 Å². The molecule has 2 aromatic rings. The van der Waals surface area contributed by atoms with E-state index in [4.69, 9.17) is 16.3 Å². The molecule has 0 bridgehead atoms. The van der Waals surface area contributed by atoms with Crippen LogP contribution in [0.15, 0.2) is 36.4 Å². The van der Waals surface area contributed by atoms with Crippen LogP contribution in [-0.4, -0.2) is 18.5 Å². The van der Waals surface area contributed by atoms with E-state index in [9.17, 15) is 14.0 Å². The lowest BCUT2D eigenvalue weighted by Gasteiger charge is -2.20. The monoisotopic (exact) mass is 391 g/mol. The molecule has 0 aliphatic heterocycles. The summed E-state index contributed by atoms with van der Waals surface area (Å²) < 4.78 is 18.1. The first kappa shape index (κ1) is 20.9. The lowest BCUT2D eigenvalue weighted by molar-refractivity contribution is -0.119. The summed E-state index contributed by atoms with van der Waals surface area (Å²) in [6, 6.07) is 9.26. The zero-order valence-electron chi connectivity index (χ0n) is 15.8. The fraction of sp³-hybridized carbons (Fsp3) is 0.333. The summed E-state index contributed by atoms with van der Waals surface area (Å²) in [5, 5.41) is 2.80. The van der Waals surface area contributed by atoms with Crippen molar-refractivity contribution in [3.63, 3.8) is 0 Å². The number of carbonyl (C=O) groups is 2. The number of hydrogen-bond donors (Lipinski definition) is 1. The summed E-state index contributed by atoms with van der Waals surface area (Å²) in [7, 11) is 0. The third-order valence-corrected chi connectivity index (χ3v) is 4.44. The number of esters is 1. The average Bonchev–Trinajstić information content (AvgIpc) is 2.59. The lowest BCUT2D eigenvalue weighted by atomic mass is 9.92. The van der Waals surface area contributed by atoms with Gasteiger partial charge in [0.15, 0.2) is 6.61 Å². The second kappa shape index (κ2) is 9.00. The molecule has 0 aromatic heterocycles. The molecule has 0 aliphatic carbocycles. The Morgan fingerprint density at radius 2 is 1.67 bits per heavy atom. The number of benzene rings is 2. The van der Waals surface area contributed by atoms with Gasteiger partial charge in [0.05, 0.1) is 10.6 Å². The van der Waals surface area contributed by atoms with Crippen molar-refractivity contribution in [3.05, 3.63) is 63.9 Å². The Balaban J connectivity index is 2.11. The van der Waals surface area contributed by atoms with Crippen LogP contribution >= 0.6 is 11.6 Å². The standard InChI is InChI=1S/C21H23ClFNO3/c1-12(2)15-6-5-7-16(13(3)4)20(15)24-19(25)11-27-21(26)17-9-8-14(23)10-18(17)22/h5-10,12-13H,11H2,1-4H3,(H,24,25). The highest BCUT2D eigenvalue weighted by Crippen LogP contribution is 2.32. The van der Waals surface area contributed by atoms with Crippen molar-refractivity contribution >= 4 is 29.2 Å². The maximum Gasteiger partial charge on any atom is 0.340 e. The van der Waals surface area contributed by atoms with E-state index in [2.05, 4.69) is 5.32 Å². The third kappa shape index (κ3) is 5.30. The minimum absolute atomic E-state index is 0.0105. The van der Waals surface area contributed by atoms with Gasteiger partial charge in [0.1, 0.15) is 5.82 Å². The van der Waals surface area contributed by atoms with Gasteiger partial charge in [-0.05, 0) is 41.2 Å². The first-order valence-corrected chi connectivity index (χ1v) is 9.13. The highest BCUT2D eigenvalue weighted by Gasteiger charge is 2.18. The fourth-order valence-corrected chi connectivity index (χ4v) is 2.98. The van der Waals surface area contributed by atoms with Crippen LogP contribution in [0.5, 0.6) is 0 Å². The van der Waals surface area contributed by atoms with E-state index in [0.29, 0.717) is 0 Å². The summed E-state index contributed by atoms with van der Waals surface area (Å²) >= 11 is 5.84. The molecular weight excluding hydrogens is 369 g/mol. The van der Waals surface area contributed by atoms with Gasteiger partial charge >= 0.3 is 5.97 Å². The van der Waals surface area contributed by atoms with Crippen molar-refractivity contribution in [2.24, 2.45) is 0 Å². The van der Waals surface area contributed by atoms with Crippen LogP contribution in [0.25, 0.3) is 0 Å². The Hall–Kier alpha value is -2.40. The van der Waals surface area contributed by atoms with Crippen LogP contribution in [0.2, 0.25) is 5.02 Å². The predicted molar refractivity (Wildman–Crippen MR) is 105 cm³/mol. The summed E-state index contributed by atoms with van der Waals surface area (Å²) in [6.45, 7) is 7.73. The number of para-hydroxylation sites is 1. The quantitative estimate of drug-likeness (QED) is 0.659. The summed E-state index contributed by atoms with van der Waals surface area (Å²) in [5.41, 5.74) is 2.80. The van der Waals surface area contributed by atoms with Crippen LogP contribution in [0.1, 0.15) is 61.0 Å². The predicted octanol–water partition coefficient (Wildman–Crippen LogP) is 5.52. The number of carbonyl (C=O) groups excluding carboxylic acids is 2. The molecule has 0 atom stereocenters. The van der Waals surface area contributed by atoms with Gasteiger partial charge in [-0.25, -0.2) is 9.18 Å². The first-order chi connectivity index (χ1) is 12.7. The topological polar surface area (TPSA) is 55.4 Å². The number of nitrogens with one attached hydrogen (secondary N) is 1. The second-order valence-electron chi connectivity index (χ2n) is 6.87. The molecule has 1 N–H and O–H groups in total. The third-order valence-electron chi connectivity index (χ3n) is 4.12. The Labute approximate surface area is 163 Å². The smallest absolute Gasteiger partial charge is 0.340 e. The first-order valence-electron chi connectivity index (χ1n) is 8.75. The Kier molecular flexibility index (Phi) is 6.97. The van der Waals surface area contributed by atoms with Crippen molar-refractivity contribution in [3.8, 4) is 0 Å². The van der Waals surface area contributed by atoms with Gasteiger partial charge in [0.25, 0.3) is 5.91 Å². The van der Waals surface area contributed by atoms with Gasteiger partial charge in [-0.3, -0.25) is 4.79 Å². The van der Waals surface area contributed by atoms with Gasteiger partial charge in [0.2, 0.25) is 0 Å². The van der Waals surface area contributed by atoms with Gasteiger partial charge in [0, 0.05) is 5.69 Å². The normalized spacial score (nSPS) is 11.0. The molecule has 4 nitrogen and oxygen atoms in total. The van der Waals surface area contributed by atoms with Crippen molar-refractivity contribution < 1.29 is 18.7 Å². The molecule has 0 radical (unpaired) electrons. The van der Waals surface area contributed by atoms with Gasteiger partial charge in [-0.1, -0.05) is 57.5 Å². The van der Waals surface area contributed by atoms with Crippen LogP contribution in [-0.2, 0) is 9.53 Å². The average molecular weight is 392 g/mol. The highest BCUT2D eigenvalue weighted by atomic mass is 35.5. The van der Waals surface area contributed by atoms with Crippen LogP contribution in [0.3, 0.4) is 0 Å². The molecule has 2 aromatic carbocycles. The van der Waals surface area contributed by atoms with E-state index in [1.165, 1.54) is 6.07 Å². The summed E-state index contributed by atoms with van der Waals surface area (Å²) in [4.78, 5) is 24.4. The number of ether oxygens (including phenoxy) is 1. The second-order valence-corrected chi connectivity index (χ2v) is 7.28. The molecule has 144 valence electrons. The van der Waals surface area contributed by atoms with Gasteiger partial charge in [-0.2, -0.15) is 0 Å². The minimum atomic E-state index is -0.781. The Morgan fingerprint density at radius 1 is 1.07 bits per heavy atom. The molecule has 0 unspecified atom stereocenters. The molecule has 1 amide bonds. The van der Waals surface area contributed by atoms with Crippen molar-refractivity contribution in [2.45, 2.75) is 39.5 Å². The molecule has 0 aliphatic rings. The van der Waals surface area contributed by atoms with E-state index >= 15 is 0 Å². The van der Waals surface area contributed by atoms with Crippen molar-refractivity contribution in [2.75, 3.05) is 11.9 Å². The maximum absolute atomic E-state index is 13.1. The molecule has 0 heterocycles. The highest BCUT2D eigenvalue weighted by molar-refractivity contribution is 6.33. The minimum Gasteiger partial charge on any atom is -0.452 e. The molecule has 27 heavy (non-hydrogen) atoms. The maximum atomic E-state index is 13.1. The molecule has 0 spiro atoms. The summed E-state index contributed by atoms with van der Waals surface area (Å²) in [6.07, 6.45) is 0. The molecule has 6 heteroatoms. The number of hydrogen-bond acceptors (Lipinski definition) is 3. The van der Waals surface area contributed by atoms with E-state index < -0.39 is 24.3 Å². The van der Waals surface area contributed by atoms with E-state index in [1.54, 1.807) is 0 Å². The van der Waals surface area contributed by atoms with Gasteiger partial charge < -0.3 is 10.1 Å². The molecular formula is C21H23ClFNO3. The van der Waals surface area contributed by atoms with E-state index in [1.807, 2.05) is 45.9 Å². The lowest BCUT2D eigenvalue weighted by Crippen LogP contribution is -2.23. The van der Waals surface area contributed by atoms with Gasteiger partial charge in [-0.15, -0.1) is 0 Å². The van der Waals surface area contributed by atoms with Crippen LogP contribution in [0.4, 0.5) is 10.1 Å². The fourth-order valence-electron chi connectivity index (χ4n) is 2.73. The summed E-state index contributed by atoms with van der Waals surface area (Å²) in [5.74, 6) is -1.34. The number of anilines is 1. The SMILES string of the molecule is CC(C)c1cccc(C(C)C)c1NC(=O)COC(=O)c1ccc(F)cc1Cl. The molecule has 0 saturated carbocycles. The zero-order valence-corrected chi connectivity index (χ0v) is 16.6. The Bertz CT molecular complexity index is 823. The number of halogens is 2. The van der Waals surface area contributed by atoms with E-state index in [-0.39, 0.29) is 22.4 Å². The van der Waals surface area contributed by atoms with Crippen molar-refractivity contribution in [1.29, 1.82) is 0 Å². The molecule has 0 saturated heterocycles.